The maximum Gasteiger partial charge on any atom is 0.234 e. The van der Waals surface area contributed by atoms with E-state index in [0.29, 0.717) is 28.1 Å². The molecule has 0 aliphatic heterocycles. The van der Waals surface area contributed by atoms with Gasteiger partial charge in [-0.25, -0.2) is 4.68 Å². The van der Waals surface area contributed by atoms with Crippen LogP contribution in [0.4, 0.5) is 11.4 Å². The van der Waals surface area contributed by atoms with Crippen LogP contribution in [0.1, 0.15) is 6.92 Å². The van der Waals surface area contributed by atoms with Crippen LogP contribution in [-0.4, -0.2) is 39.6 Å². The molecule has 3 aromatic rings. The molecule has 4 N–H and O–H groups in total. The number of nitrogen functional groups attached to an aromatic ring is 1. The van der Waals surface area contributed by atoms with Gasteiger partial charge in [-0.2, -0.15) is 0 Å². The molecular weight excluding hydrogens is 392 g/mol. The first-order valence-electron chi connectivity index (χ1n) is 8.61. The number of anilines is 2. The molecule has 0 saturated heterocycles. The first-order chi connectivity index (χ1) is 14.0. The highest BCUT2D eigenvalue weighted by Crippen LogP contribution is 2.24. The fraction of sp³-hybridized carbons (Fsp3) is 0.158. The number of amides is 2. The molecule has 1 aromatic heterocycles. The van der Waals surface area contributed by atoms with E-state index in [9.17, 15) is 9.59 Å². The molecular formula is C19H20N6O3S. The molecule has 29 heavy (non-hydrogen) atoms. The van der Waals surface area contributed by atoms with E-state index in [1.54, 1.807) is 37.4 Å². The van der Waals surface area contributed by atoms with E-state index in [1.165, 1.54) is 23.4 Å². The fourth-order valence-corrected chi connectivity index (χ4v) is 3.16. The standard InChI is InChI=1S/C19H20N6O3S/c1-12(26)21-14-6-8-15(9-7-14)22-17(27)11-29-19-24-23-18(25(19)20)13-4-3-5-16(10-13)28-2/h3-10H,11,20H2,1-2H3,(H,21,26)(H,22,27). The lowest BCUT2D eigenvalue weighted by atomic mass is 10.2. The zero-order valence-electron chi connectivity index (χ0n) is 15.9. The maximum atomic E-state index is 12.2. The Morgan fingerprint density at radius 3 is 2.45 bits per heavy atom. The number of rotatable bonds is 7. The van der Waals surface area contributed by atoms with Crippen LogP contribution in [0, 0.1) is 0 Å². The van der Waals surface area contributed by atoms with Crippen LogP contribution < -0.4 is 21.2 Å². The van der Waals surface area contributed by atoms with E-state index in [1.807, 2.05) is 18.2 Å². The van der Waals surface area contributed by atoms with Crippen molar-refractivity contribution < 1.29 is 14.3 Å². The molecule has 10 heteroatoms. The van der Waals surface area contributed by atoms with Crippen molar-refractivity contribution in [2.75, 3.05) is 29.3 Å². The third kappa shape index (κ3) is 5.26. The number of methoxy groups -OCH3 is 1. The Morgan fingerprint density at radius 2 is 1.79 bits per heavy atom. The van der Waals surface area contributed by atoms with Gasteiger partial charge in [0.25, 0.3) is 0 Å². The van der Waals surface area contributed by atoms with Crippen molar-refractivity contribution in [2.45, 2.75) is 12.1 Å². The highest BCUT2D eigenvalue weighted by Gasteiger charge is 2.14. The normalized spacial score (nSPS) is 10.4. The molecule has 0 saturated carbocycles. The molecule has 0 radical (unpaired) electrons. The average molecular weight is 412 g/mol. The van der Waals surface area contributed by atoms with Crippen molar-refractivity contribution >= 4 is 35.0 Å². The smallest absolute Gasteiger partial charge is 0.234 e. The molecule has 0 unspecified atom stereocenters. The van der Waals surface area contributed by atoms with Crippen LogP contribution >= 0.6 is 11.8 Å². The lowest BCUT2D eigenvalue weighted by Crippen LogP contribution is -2.16. The van der Waals surface area contributed by atoms with E-state index in [4.69, 9.17) is 10.6 Å². The SMILES string of the molecule is COc1cccc(-c2nnc(SCC(=O)Nc3ccc(NC(C)=O)cc3)n2N)c1. The summed E-state index contributed by atoms with van der Waals surface area (Å²) in [7, 11) is 1.58. The van der Waals surface area contributed by atoms with E-state index >= 15 is 0 Å². The minimum absolute atomic E-state index is 0.112. The number of aromatic nitrogens is 3. The second kappa shape index (κ2) is 9.11. The van der Waals surface area contributed by atoms with Crippen LogP contribution in [0.2, 0.25) is 0 Å². The summed E-state index contributed by atoms with van der Waals surface area (Å²) in [6.07, 6.45) is 0. The fourth-order valence-electron chi connectivity index (χ4n) is 2.50. The number of hydrogen-bond donors (Lipinski definition) is 3. The van der Waals surface area contributed by atoms with Crippen molar-refractivity contribution in [1.29, 1.82) is 0 Å². The second-order valence-electron chi connectivity index (χ2n) is 6.00. The summed E-state index contributed by atoms with van der Waals surface area (Å²) in [5, 5.41) is 14.0. The largest absolute Gasteiger partial charge is 0.497 e. The van der Waals surface area contributed by atoms with Gasteiger partial charge in [0, 0.05) is 23.9 Å². The van der Waals surface area contributed by atoms with Gasteiger partial charge in [-0.15, -0.1) is 10.2 Å². The van der Waals surface area contributed by atoms with Crippen LogP contribution in [-0.2, 0) is 9.59 Å². The Morgan fingerprint density at radius 1 is 1.10 bits per heavy atom. The number of thioether (sulfide) groups is 1. The molecule has 0 aliphatic rings. The Labute approximate surface area is 171 Å². The highest BCUT2D eigenvalue weighted by atomic mass is 32.2. The van der Waals surface area contributed by atoms with Gasteiger partial charge in [0.05, 0.1) is 12.9 Å². The lowest BCUT2D eigenvalue weighted by Gasteiger charge is -2.07. The van der Waals surface area contributed by atoms with Gasteiger partial charge < -0.3 is 21.2 Å². The van der Waals surface area contributed by atoms with Gasteiger partial charge in [-0.3, -0.25) is 9.59 Å². The quantitative estimate of drug-likeness (QED) is 0.402. The highest BCUT2D eigenvalue weighted by molar-refractivity contribution is 7.99. The number of benzene rings is 2. The number of hydrogen-bond acceptors (Lipinski definition) is 7. The maximum absolute atomic E-state index is 12.2. The van der Waals surface area contributed by atoms with Crippen molar-refractivity contribution in [2.24, 2.45) is 0 Å². The van der Waals surface area contributed by atoms with Gasteiger partial charge in [0.15, 0.2) is 5.82 Å². The third-order valence-electron chi connectivity index (χ3n) is 3.81. The summed E-state index contributed by atoms with van der Waals surface area (Å²) < 4.78 is 6.55. The van der Waals surface area contributed by atoms with E-state index in [0.717, 1.165) is 5.56 Å². The lowest BCUT2D eigenvalue weighted by molar-refractivity contribution is -0.114. The number of nitrogens with zero attached hydrogens (tertiary/aromatic N) is 3. The molecule has 0 aliphatic carbocycles. The second-order valence-corrected chi connectivity index (χ2v) is 6.95. The topological polar surface area (TPSA) is 124 Å². The molecule has 0 atom stereocenters. The Balaban J connectivity index is 1.59. The first-order valence-corrected chi connectivity index (χ1v) is 9.60. The first kappa shape index (κ1) is 20.2. The van der Waals surface area contributed by atoms with Crippen LogP contribution in [0.3, 0.4) is 0 Å². The molecule has 0 spiro atoms. The number of nitrogens with two attached hydrogens (primary N) is 1. The Hall–Kier alpha value is -3.53. The van der Waals surface area contributed by atoms with E-state index in [-0.39, 0.29) is 17.6 Å². The summed E-state index contributed by atoms with van der Waals surface area (Å²) in [4.78, 5) is 23.2. The van der Waals surface area contributed by atoms with E-state index in [2.05, 4.69) is 20.8 Å². The monoisotopic (exact) mass is 412 g/mol. The number of nitrogens with one attached hydrogen (secondary N) is 2. The Kier molecular flexibility index (Phi) is 6.35. The molecule has 150 valence electrons. The number of carbonyl (C=O) groups is 2. The number of ether oxygens (including phenoxy) is 1. The van der Waals surface area contributed by atoms with Crippen molar-refractivity contribution in [3.63, 3.8) is 0 Å². The van der Waals surface area contributed by atoms with Gasteiger partial charge in [0.1, 0.15) is 5.75 Å². The van der Waals surface area contributed by atoms with Crippen molar-refractivity contribution in [3.05, 3.63) is 48.5 Å². The predicted octanol–water partition coefficient (Wildman–Crippen LogP) is 2.36. The van der Waals surface area contributed by atoms with Crippen LogP contribution in [0.25, 0.3) is 11.4 Å². The summed E-state index contributed by atoms with van der Waals surface area (Å²) in [6.45, 7) is 1.43. The van der Waals surface area contributed by atoms with Gasteiger partial charge >= 0.3 is 0 Å². The molecule has 0 bridgehead atoms. The third-order valence-corrected chi connectivity index (χ3v) is 4.76. The Bertz CT molecular complexity index is 1020. The zero-order valence-corrected chi connectivity index (χ0v) is 16.7. The summed E-state index contributed by atoms with van der Waals surface area (Å²) in [5.74, 6) is 6.98. The van der Waals surface area contributed by atoms with Crippen LogP contribution in [0.15, 0.2) is 53.7 Å². The molecule has 9 nitrogen and oxygen atoms in total. The number of carbonyl (C=O) groups excluding carboxylic acids is 2. The van der Waals surface area contributed by atoms with E-state index < -0.39 is 0 Å². The van der Waals surface area contributed by atoms with Gasteiger partial charge in [-0.05, 0) is 36.4 Å². The summed E-state index contributed by atoms with van der Waals surface area (Å²) in [5.41, 5.74) is 2.04. The average Bonchev–Trinajstić information content (AvgIpc) is 3.08. The molecule has 2 aromatic carbocycles. The minimum Gasteiger partial charge on any atom is -0.497 e. The summed E-state index contributed by atoms with van der Waals surface area (Å²) in [6, 6.07) is 14.1. The van der Waals surface area contributed by atoms with Gasteiger partial charge in [0.2, 0.25) is 17.0 Å². The minimum atomic E-state index is -0.215. The van der Waals surface area contributed by atoms with Crippen molar-refractivity contribution in [1.82, 2.24) is 14.9 Å². The van der Waals surface area contributed by atoms with Gasteiger partial charge in [-0.1, -0.05) is 23.9 Å². The molecule has 1 heterocycles. The molecule has 3 rings (SSSR count). The molecule has 0 fully saturated rings. The summed E-state index contributed by atoms with van der Waals surface area (Å²) >= 11 is 1.18. The van der Waals surface area contributed by atoms with Crippen molar-refractivity contribution in [3.8, 4) is 17.1 Å². The predicted molar refractivity (Wildman–Crippen MR) is 112 cm³/mol. The molecule has 2 amide bonds. The zero-order chi connectivity index (χ0) is 20.8. The van der Waals surface area contributed by atoms with Crippen LogP contribution in [0.5, 0.6) is 5.75 Å².